The Morgan fingerprint density at radius 1 is 1.25 bits per heavy atom. The standard InChI is InChI=1S/C19H18N2O3/c1-19(2,3)18(23)24-17-14(11-20-21-17)6-4-12-5-8-15-13(10-12)7-9-16(15)22/h5,8,10-11H,7,9H2,1-3H3,(H,20,21). The molecule has 1 N–H and O–H groups in total. The number of rotatable bonds is 1. The molecule has 0 fully saturated rings. The monoisotopic (exact) mass is 322 g/mol. The van der Waals surface area contributed by atoms with Crippen molar-refractivity contribution in [3.8, 4) is 17.7 Å². The van der Waals surface area contributed by atoms with Crippen molar-refractivity contribution in [2.24, 2.45) is 5.41 Å². The molecule has 1 heterocycles. The second-order valence-corrected chi connectivity index (χ2v) is 6.79. The summed E-state index contributed by atoms with van der Waals surface area (Å²) in [5, 5.41) is 6.60. The van der Waals surface area contributed by atoms with Crippen molar-refractivity contribution in [3.05, 3.63) is 46.6 Å². The number of nitrogens with one attached hydrogen (secondary N) is 1. The molecule has 0 saturated heterocycles. The van der Waals surface area contributed by atoms with Crippen LogP contribution in [-0.2, 0) is 11.2 Å². The minimum absolute atomic E-state index is 0.179. The maximum absolute atomic E-state index is 12.0. The summed E-state index contributed by atoms with van der Waals surface area (Å²) in [7, 11) is 0. The Hall–Kier alpha value is -2.87. The van der Waals surface area contributed by atoms with Crippen LogP contribution < -0.4 is 4.74 Å². The molecule has 1 aromatic heterocycles. The molecule has 0 saturated carbocycles. The Balaban J connectivity index is 1.82. The number of benzene rings is 1. The molecule has 5 heteroatoms. The van der Waals surface area contributed by atoms with Crippen LogP contribution in [0.25, 0.3) is 0 Å². The van der Waals surface area contributed by atoms with Gasteiger partial charge in [0.1, 0.15) is 5.56 Å². The Kier molecular flexibility index (Phi) is 3.98. The van der Waals surface area contributed by atoms with E-state index in [0.717, 1.165) is 23.1 Å². The van der Waals surface area contributed by atoms with Crippen LogP contribution >= 0.6 is 0 Å². The first-order valence-corrected chi connectivity index (χ1v) is 7.79. The lowest BCUT2D eigenvalue weighted by atomic mass is 9.97. The lowest BCUT2D eigenvalue weighted by molar-refractivity contribution is -0.143. The van der Waals surface area contributed by atoms with E-state index >= 15 is 0 Å². The maximum Gasteiger partial charge on any atom is 0.318 e. The van der Waals surface area contributed by atoms with Crippen molar-refractivity contribution in [1.82, 2.24) is 10.2 Å². The number of aromatic amines is 1. The normalized spacial score (nSPS) is 13.2. The largest absolute Gasteiger partial charge is 0.404 e. The third-order valence-electron chi connectivity index (χ3n) is 3.78. The second-order valence-electron chi connectivity index (χ2n) is 6.79. The average Bonchev–Trinajstić information content (AvgIpc) is 3.11. The second kappa shape index (κ2) is 5.97. The van der Waals surface area contributed by atoms with E-state index in [2.05, 4.69) is 22.0 Å². The number of nitrogens with zero attached hydrogens (tertiary/aromatic N) is 1. The Morgan fingerprint density at radius 2 is 2.04 bits per heavy atom. The minimum Gasteiger partial charge on any atom is -0.404 e. The molecule has 0 aliphatic heterocycles. The number of hydrogen-bond donors (Lipinski definition) is 1. The number of fused-ring (bicyclic) bond motifs is 1. The van der Waals surface area contributed by atoms with Crippen LogP contribution in [0.2, 0.25) is 0 Å². The summed E-state index contributed by atoms with van der Waals surface area (Å²) in [5.74, 6) is 6.00. The summed E-state index contributed by atoms with van der Waals surface area (Å²) in [6.07, 6.45) is 2.93. The smallest absolute Gasteiger partial charge is 0.318 e. The van der Waals surface area contributed by atoms with E-state index in [1.807, 2.05) is 18.2 Å². The third-order valence-corrected chi connectivity index (χ3v) is 3.78. The highest BCUT2D eigenvalue weighted by Crippen LogP contribution is 2.23. The molecule has 0 spiro atoms. The van der Waals surface area contributed by atoms with Gasteiger partial charge in [0.2, 0.25) is 0 Å². The molecule has 1 aliphatic carbocycles. The molecule has 2 aromatic rings. The molecule has 1 aliphatic rings. The molecule has 24 heavy (non-hydrogen) atoms. The van der Waals surface area contributed by atoms with E-state index in [9.17, 15) is 9.59 Å². The zero-order valence-electron chi connectivity index (χ0n) is 13.9. The average molecular weight is 322 g/mol. The zero-order valence-corrected chi connectivity index (χ0v) is 13.9. The van der Waals surface area contributed by atoms with Crippen molar-refractivity contribution in [1.29, 1.82) is 0 Å². The van der Waals surface area contributed by atoms with Crippen LogP contribution in [0.1, 0.15) is 54.2 Å². The van der Waals surface area contributed by atoms with Gasteiger partial charge in [-0.3, -0.25) is 14.7 Å². The van der Waals surface area contributed by atoms with Gasteiger partial charge in [0.15, 0.2) is 5.78 Å². The maximum atomic E-state index is 12.0. The van der Waals surface area contributed by atoms with Gasteiger partial charge in [0.05, 0.1) is 5.41 Å². The Bertz CT molecular complexity index is 876. The number of esters is 1. The SMILES string of the molecule is CC(C)(C)C(=O)Oc1n[nH]cc1C#Cc1ccc2c(c1)CCC2=O. The van der Waals surface area contributed by atoms with E-state index in [-0.39, 0.29) is 17.6 Å². The number of aromatic nitrogens is 2. The van der Waals surface area contributed by atoms with Crippen molar-refractivity contribution in [3.63, 3.8) is 0 Å². The van der Waals surface area contributed by atoms with Crippen LogP contribution in [0, 0.1) is 17.3 Å². The van der Waals surface area contributed by atoms with Gasteiger partial charge < -0.3 is 4.74 Å². The van der Waals surface area contributed by atoms with Gasteiger partial charge >= 0.3 is 5.97 Å². The number of hydrogen-bond acceptors (Lipinski definition) is 4. The molecule has 0 unspecified atom stereocenters. The minimum atomic E-state index is -0.615. The van der Waals surface area contributed by atoms with Crippen LogP contribution in [-0.4, -0.2) is 21.9 Å². The highest BCUT2D eigenvalue weighted by molar-refractivity contribution is 6.00. The lowest BCUT2D eigenvalue weighted by Gasteiger charge is -2.14. The van der Waals surface area contributed by atoms with E-state index < -0.39 is 5.41 Å². The zero-order chi connectivity index (χ0) is 17.3. The summed E-state index contributed by atoms with van der Waals surface area (Å²) < 4.78 is 5.30. The number of aryl methyl sites for hydroxylation is 1. The molecule has 0 amide bonds. The fourth-order valence-corrected chi connectivity index (χ4v) is 2.36. The van der Waals surface area contributed by atoms with Crippen LogP contribution in [0.4, 0.5) is 0 Å². The van der Waals surface area contributed by atoms with Gasteiger partial charge in [0, 0.05) is 23.7 Å². The van der Waals surface area contributed by atoms with Gasteiger partial charge in [0.25, 0.3) is 5.88 Å². The van der Waals surface area contributed by atoms with Gasteiger partial charge in [-0.05, 0) is 51.0 Å². The van der Waals surface area contributed by atoms with Gasteiger partial charge in [-0.25, -0.2) is 0 Å². The van der Waals surface area contributed by atoms with Crippen molar-refractivity contribution < 1.29 is 14.3 Å². The number of H-pyrrole nitrogens is 1. The molecule has 0 radical (unpaired) electrons. The number of ether oxygens (including phenoxy) is 1. The highest BCUT2D eigenvalue weighted by Gasteiger charge is 2.25. The molecular weight excluding hydrogens is 304 g/mol. The number of carbonyl (C=O) groups excluding carboxylic acids is 2. The Labute approximate surface area is 140 Å². The number of carbonyl (C=O) groups is 2. The quantitative estimate of drug-likeness (QED) is 0.647. The predicted octanol–water partition coefficient (Wildman–Crippen LogP) is 2.89. The first kappa shape index (κ1) is 16.0. The van der Waals surface area contributed by atoms with Gasteiger partial charge in [-0.1, -0.05) is 11.8 Å². The number of Topliss-reactive ketones (excluding diaryl/α,β-unsaturated/α-hetero) is 1. The summed E-state index contributed by atoms with van der Waals surface area (Å²) in [6.45, 7) is 5.33. The molecule has 122 valence electrons. The lowest BCUT2D eigenvalue weighted by Crippen LogP contribution is -2.25. The predicted molar refractivity (Wildman–Crippen MR) is 88.8 cm³/mol. The topological polar surface area (TPSA) is 72.0 Å². The number of ketones is 1. The first-order valence-electron chi connectivity index (χ1n) is 7.79. The van der Waals surface area contributed by atoms with Crippen molar-refractivity contribution in [2.45, 2.75) is 33.6 Å². The van der Waals surface area contributed by atoms with E-state index in [4.69, 9.17) is 4.74 Å². The van der Waals surface area contributed by atoms with E-state index in [0.29, 0.717) is 12.0 Å². The molecule has 0 atom stereocenters. The molecule has 1 aromatic carbocycles. The molecular formula is C19H18N2O3. The summed E-state index contributed by atoms with van der Waals surface area (Å²) in [6, 6.07) is 5.59. The van der Waals surface area contributed by atoms with Crippen molar-refractivity contribution >= 4 is 11.8 Å². The van der Waals surface area contributed by atoms with Crippen molar-refractivity contribution in [2.75, 3.05) is 0 Å². The molecule has 3 rings (SSSR count). The van der Waals surface area contributed by atoms with Gasteiger partial charge in [-0.2, -0.15) is 0 Å². The van der Waals surface area contributed by atoms with Crippen LogP contribution in [0.15, 0.2) is 24.4 Å². The summed E-state index contributed by atoms with van der Waals surface area (Å²) in [5.41, 5.74) is 2.56. The van der Waals surface area contributed by atoms with Gasteiger partial charge in [-0.15, -0.1) is 5.10 Å². The third kappa shape index (κ3) is 3.23. The fourth-order valence-electron chi connectivity index (χ4n) is 2.36. The fraction of sp³-hybridized carbons (Fsp3) is 0.316. The first-order chi connectivity index (χ1) is 11.3. The molecule has 5 nitrogen and oxygen atoms in total. The summed E-state index contributed by atoms with van der Waals surface area (Å²) >= 11 is 0. The highest BCUT2D eigenvalue weighted by atomic mass is 16.5. The molecule has 0 bridgehead atoms. The van der Waals surface area contributed by atoms with Crippen LogP contribution in [0.3, 0.4) is 0 Å². The van der Waals surface area contributed by atoms with E-state index in [1.165, 1.54) is 0 Å². The summed E-state index contributed by atoms with van der Waals surface area (Å²) in [4.78, 5) is 23.6. The van der Waals surface area contributed by atoms with Crippen LogP contribution in [0.5, 0.6) is 5.88 Å². The Morgan fingerprint density at radius 3 is 2.79 bits per heavy atom. The van der Waals surface area contributed by atoms with E-state index in [1.54, 1.807) is 27.0 Å².